The van der Waals surface area contributed by atoms with Gasteiger partial charge >= 0.3 is 7.82 Å². The van der Waals surface area contributed by atoms with Crippen molar-refractivity contribution in [3.05, 3.63) is 0 Å². The highest BCUT2D eigenvalue weighted by molar-refractivity contribution is 7.46. The summed E-state index contributed by atoms with van der Waals surface area (Å²) in [7, 11) is 0.0336. The number of phosphoric ester groups is 1. The quantitative estimate of drug-likeness (QED) is 0.428. The zero-order valence-corrected chi connectivity index (χ0v) is 16.4. The Bertz CT molecular complexity index is 318. The lowest BCUT2D eigenvalue weighted by molar-refractivity contribution is 0.0315. The Hall–Kier alpha value is -0.0100. The van der Waals surface area contributed by atoms with Crippen molar-refractivity contribution in [3.63, 3.8) is 0 Å². The number of phosphoric acid groups is 1. The van der Waals surface area contributed by atoms with Gasteiger partial charge in [-0.1, -0.05) is 32.6 Å². The number of rotatable bonds is 11. The minimum absolute atomic E-state index is 0.112. The SMILES string of the molecule is CCCCOCCOCCOP(=O)(O)O.CN(C)C1CCCCC1. The lowest BCUT2D eigenvalue weighted by Gasteiger charge is -2.27. The molecule has 146 valence electrons. The summed E-state index contributed by atoms with van der Waals surface area (Å²) in [6.45, 7) is 3.75. The van der Waals surface area contributed by atoms with E-state index in [1.54, 1.807) is 0 Å². The second-order valence-corrected chi connectivity index (χ2v) is 7.40. The first-order valence-corrected chi connectivity index (χ1v) is 10.4. The van der Waals surface area contributed by atoms with Crippen molar-refractivity contribution in [2.75, 3.05) is 47.1 Å². The highest BCUT2D eigenvalue weighted by Gasteiger charge is 2.14. The molecule has 0 unspecified atom stereocenters. The molecule has 24 heavy (non-hydrogen) atoms. The van der Waals surface area contributed by atoms with Crippen molar-refractivity contribution in [2.24, 2.45) is 0 Å². The molecular formula is C16H36NO6P. The van der Waals surface area contributed by atoms with Crippen molar-refractivity contribution >= 4 is 7.82 Å². The van der Waals surface area contributed by atoms with Crippen molar-refractivity contribution in [1.82, 2.24) is 4.90 Å². The van der Waals surface area contributed by atoms with E-state index in [0.717, 1.165) is 25.5 Å². The summed E-state index contributed by atoms with van der Waals surface area (Å²) in [5.74, 6) is 0. The second-order valence-electron chi connectivity index (χ2n) is 6.16. The Morgan fingerprint density at radius 3 is 1.96 bits per heavy atom. The number of nitrogens with zero attached hydrogens (tertiary/aromatic N) is 1. The number of ether oxygens (including phenoxy) is 2. The Balaban J connectivity index is 0.000000496. The molecule has 0 aromatic carbocycles. The zero-order valence-electron chi connectivity index (χ0n) is 15.5. The van der Waals surface area contributed by atoms with E-state index in [9.17, 15) is 4.57 Å². The third kappa shape index (κ3) is 16.8. The van der Waals surface area contributed by atoms with E-state index in [2.05, 4.69) is 30.4 Å². The average Bonchev–Trinajstić information content (AvgIpc) is 2.54. The maximum absolute atomic E-state index is 10.2. The first kappa shape index (κ1) is 24.0. The van der Waals surface area contributed by atoms with Gasteiger partial charge in [0.15, 0.2) is 0 Å². The molecule has 0 heterocycles. The fourth-order valence-electron chi connectivity index (χ4n) is 2.38. The van der Waals surface area contributed by atoms with Crippen molar-refractivity contribution in [3.8, 4) is 0 Å². The summed E-state index contributed by atoms with van der Waals surface area (Å²) in [5.41, 5.74) is 0. The third-order valence-corrected chi connectivity index (χ3v) is 4.33. The van der Waals surface area contributed by atoms with Crippen molar-refractivity contribution < 1.29 is 28.3 Å². The van der Waals surface area contributed by atoms with Crippen LogP contribution in [0.2, 0.25) is 0 Å². The molecule has 1 saturated carbocycles. The normalized spacial score (nSPS) is 16.1. The number of hydrogen-bond acceptors (Lipinski definition) is 5. The van der Waals surface area contributed by atoms with Crippen LogP contribution in [-0.4, -0.2) is 67.9 Å². The van der Waals surface area contributed by atoms with Gasteiger partial charge in [-0.3, -0.25) is 4.52 Å². The molecule has 1 fully saturated rings. The minimum atomic E-state index is -4.35. The predicted octanol–water partition coefficient (Wildman–Crippen LogP) is 2.81. The molecule has 2 N–H and O–H groups in total. The van der Waals surface area contributed by atoms with E-state index in [1.165, 1.54) is 32.1 Å². The fraction of sp³-hybridized carbons (Fsp3) is 1.00. The van der Waals surface area contributed by atoms with Crippen molar-refractivity contribution in [1.29, 1.82) is 0 Å². The van der Waals surface area contributed by atoms with Crippen LogP contribution in [0.25, 0.3) is 0 Å². The standard InChI is InChI=1S/C8H17N.C8H19O6P/c1-9(2)8-6-4-3-5-7-8;1-2-3-4-12-5-6-13-7-8-14-15(9,10)11/h8H,3-7H2,1-2H3;2-8H2,1H3,(H2,9,10,11). The van der Waals surface area contributed by atoms with E-state index in [4.69, 9.17) is 19.3 Å². The monoisotopic (exact) mass is 369 g/mol. The highest BCUT2D eigenvalue weighted by Crippen LogP contribution is 2.35. The van der Waals surface area contributed by atoms with Crippen LogP contribution in [0.3, 0.4) is 0 Å². The van der Waals surface area contributed by atoms with Gasteiger partial charge in [0.2, 0.25) is 0 Å². The Morgan fingerprint density at radius 1 is 0.958 bits per heavy atom. The maximum Gasteiger partial charge on any atom is 0.469 e. The number of hydrogen-bond donors (Lipinski definition) is 2. The number of unbranched alkanes of at least 4 members (excludes halogenated alkanes) is 1. The molecule has 0 saturated heterocycles. The highest BCUT2D eigenvalue weighted by atomic mass is 31.2. The van der Waals surface area contributed by atoms with Gasteiger partial charge in [0.1, 0.15) is 0 Å². The summed E-state index contributed by atoms with van der Waals surface area (Å²) in [6.07, 6.45) is 9.33. The molecule has 7 nitrogen and oxygen atoms in total. The Kier molecular flexibility index (Phi) is 15.3. The minimum Gasteiger partial charge on any atom is -0.379 e. The molecule has 0 amide bonds. The van der Waals surface area contributed by atoms with Crippen LogP contribution >= 0.6 is 7.82 Å². The Morgan fingerprint density at radius 2 is 1.50 bits per heavy atom. The molecule has 0 aromatic rings. The summed E-state index contributed by atoms with van der Waals surface area (Å²) >= 11 is 0. The smallest absolute Gasteiger partial charge is 0.379 e. The van der Waals surface area contributed by atoms with E-state index in [1.807, 2.05) is 0 Å². The van der Waals surface area contributed by atoms with Crippen LogP contribution in [0, 0.1) is 0 Å². The second kappa shape index (κ2) is 15.3. The molecule has 1 aliphatic rings. The maximum atomic E-state index is 10.2. The summed E-state index contributed by atoms with van der Waals surface area (Å²) in [6, 6.07) is 0.888. The lowest BCUT2D eigenvalue weighted by atomic mass is 9.95. The van der Waals surface area contributed by atoms with Gasteiger partial charge in [-0.15, -0.1) is 0 Å². The Labute approximate surface area is 146 Å². The lowest BCUT2D eigenvalue weighted by Crippen LogP contribution is -2.29. The van der Waals surface area contributed by atoms with Crippen LogP contribution in [0.15, 0.2) is 0 Å². The zero-order chi connectivity index (χ0) is 18.3. The molecule has 0 bridgehead atoms. The van der Waals surface area contributed by atoms with E-state index >= 15 is 0 Å². The van der Waals surface area contributed by atoms with Gasteiger partial charge in [-0.05, 0) is 33.4 Å². The van der Waals surface area contributed by atoms with Crippen LogP contribution in [0.5, 0.6) is 0 Å². The van der Waals surface area contributed by atoms with Gasteiger partial charge in [-0.2, -0.15) is 0 Å². The van der Waals surface area contributed by atoms with Crippen molar-refractivity contribution in [2.45, 2.75) is 57.9 Å². The average molecular weight is 369 g/mol. The molecule has 1 rings (SSSR count). The van der Waals surface area contributed by atoms with Crippen LogP contribution in [0.4, 0.5) is 0 Å². The molecule has 8 heteroatoms. The predicted molar refractivity (Wildman–Crippen MR) is 95.1 cm³/mol. The van der Waals surface area contributed by atoms with Gasteiger partial charge < -0.3 is 24.2 Å². The molecule has 0 aliphatic heterocycles. The first-order valence-electron chi connectivity index (χ1n) is 8.88. The molecule has 0 atom stereocenters. The third-order valence-electron chi connectivity index (χ3n) is 3.81. The molecule has 0 aromatic heterocycles. The molecule has 1 aliphatic carbocycles. The van der Waals surface area contributed by atoms with E-state index in [0.29, 0.717) is 13.2 Å². The van der Waals surface area contributed by atoms with Gasteiger partial charge in [0.05, 0.1) is 26.4 Å². The van der Waals surface area contributed by atoms with Crippen LogP contribution in [0.1, 0.15) is 51.9 Å². The van der Waals surface area contributed by atoms with E-state index < -0.39 is 7.82 Å². The van der Waals surface area contributed by atoms with Crippen LogP contribution < -0.4 is 0 Å². The molecule has 0 radical (unpaired) electrons. The van der Waals surface area contributed by atoms with Gasteiger partial charge in [0, 0.05) is 12.6 Å². The van der Waals surface area contributed by atoms with E-state index in [-0.39, 0.29) is 13.2 Å². The first-order chi connectivity index (χ1) is 11.4. The van der Waals surface area contributed by atoms with Gasteiger partial charge in [0.25, 0.3) is 0 Å². The summed E-state index contributed by atoms with van der Waals surface area (Å²) in [5, 5.41) is 0. The topological polar surface area (TPSA) is 88.5 Å². The summed E-state index contributed by atoms with van der Waals surface area (Å²) < 4.78 is 24.6. The largest absolute Gasteiger partial charge is 0.469 e. The summed E-state index contributed by atoms with van der Waals surface area (Å²) in [4.78, 5) is 19.0. The molecular weight excluding hydrogens is 333 g/mol. The van der Waals surface area contributed by atoms with Crippen LogP contribution in [-0.2, 0) is 18.6 Å². The molecule has 0 spiro atoms. The fourth-order valence-corrected chi connectivity index (χ4v) is 2.69. The van der Waals surface area contributed by atoms with Gasteiger partial charge in [-0.25, -0.2) is 4.57 Å².